The lowest BCUT2D eigenvalue weighted by Crippen LogP contribution is -2.01. The van der Waals surface area contributed by atoms with Gasteiger partial charge in [-0.1, -0.05) is 29.5 Å². The highest BCUT2D eigenvalue weighted by atomic mass is 32.1. The fourth-order valence-electron chi connectivity index (χ4n) is 2.63. The van der Waals surface area contributed by atoms with Gasteiger partial charge in [-0.15, -0.1) is 16.4 Å². The Hall–Kier alpha value is -2.53. The summed E-state index contributed by atoms with van der Waals surface area (Å²) in [5.41, 5.74) is 3.09. The summed E-state index contributed by atoms with van der Waals surface area (Å²) in [6, 6.07) is 14.3. The van der Waals surface area contributed by atoms with Crippen molar-refractivity contribution < 1.29 is 0 Å². The van der Waals surface area contributed by atoms with Gasteiger partial charge in [0.25, 0.3) is 0 Å². The highest BCUT2D eigenvalue weighted by Gasteiger charge is 2.14. The quantitative estimate of drug-likeness (QED) is 0.576. The van der Waals surface area contributed by atoms with Crippen molar-refractivity contribution in [2.45, 2.75) is 13.5 Å². The molecule has 0 fully saturated rings. The molecule has 22 heavy (non-hydrogen) atoms. The average molecular weight is 306 g/mol. The number of nitrogens with zero attached hydrogens (tertiary/aromatic N) is 4. The van der Waals surface area contributed by atoms with E-state index in [0.717, 1.165) is 11.4 Å². The molecular weight excluding hydrogens is 292 g/mol. The molecule has 4 rings (SSSR count). The topological polar surface area (TPSA) is 43.6 Å². The van der Waals surface area contributed by atoms with Crippen molar-refractivity contribution in [3.63, 3.8) is 0 Å². The summed E-state index contributed by atoms with van der Waals surface area (Å²) in [7, 11) is 0. The fraction of sp³-hybridized carbons (Fsp3) is 0.118. The Morgan fingerprint density at radius 3 is 2.82 bits per heavy atom. The third-order valence-corrected chi connectivity index (χ3v) is 4.70. The van der Waals surface area contributed by atoms with Crippen molar-refractivity contribution in [1.29, 1.82) is 0 Å². The number of rotatable bonds is 3. The number of fused-ring (bicyclic) bond motifs is 1. The molecule has 108 valence electrons. The minimum atomic E-state index is 0.634. The zero-order valence-corrected chi connectivity index (χ0v) is 12.9. The molecule has 0 amide bonds. The normalized spacial score (nSPS) is 11.1. The standard InChI is InChI=1S/C17H14N4S/c1-12-17(14-7-2-3-8-16(14)22-12)15-11-21(20-19-15)10-13-6-4-5-9-18-13/h2-9,11H,10H2,1H3. The second-order valence-corrected chi connectivity index (χ2v) is 6.41. The molecule has 0 aliphatic heterocycles. The SMILES string of the molecule is Cc1sc2ccccc2c1-c1cn(Cc2ccccn2)nn1. The summed E-state index contributed by atoms with van der Waals surface area (Å²) >= 11 is 1.80. The van der Waals surface area contributed by atoms with E-state index in [1.54, 1.807) is 17.5 Å². The number of benzene rings is 1. The summed E-state index contributed by atoms with van der Waals surface area (Å²) in [6.07, 6.45) is 3.79. The molecule has 0 saturated heterocycles. The van der Waals surface area contributed by atoms with Crippen LogP contribution in [0.4, 0.5) is 0 Å². The summed E-state index contributed by atoms with van der Waals surface area (Å²) in [6.45, 7) is 2.77. The number of hydrogen-bond acceptors (Lipinski definition) is 4. The summed E-state index contributed by atoms with van der Waals surface area (Å²) < 4.78 is 3.12. The molecule has 0 radical (unpaired) electrons. The molecule has 4 aromatic rings. The molecule has 0 unspecified atom stereocenters. The van der Waals surface area contributed by atoms with Gasteiger partial charge in [-0.25, -0.2) is 4.68 Å². The molecule has 4 nitrogen and oxygen atoms in total. The van der Waals surface area contributed by atoms with E-state index < -0.39 is 0 Å². The van der Waals surface area contributed by atoms with E-state index in [1.165, 1.54) is 20.5 Å². The maximum absolute atomic E-state index is 4.36. The number of pyridine rings is 1. The van der Waals surface area contributed by atoms with E-state index in [0.29, 0.717) is 6.54 Å². The van der Waals surface area contributed by atoms with Crippen LogP contribution in [0.3, 0.4) is 0 Å². The predicted octanol–water partition coefficient (Wildman–Crippen LogP) is 3.91. The largest absolute Gasteiger partial charge is 0.259 e. The van der Waals surface area contributed by atoms with Crippen molar-refractivity contribution in [2.24, 2.45) is 0 Å². The molecule has 0 atom stereocenters. The molecule has 3 aromatic heterocycles. The van der Waals surface area contributed by atoms with Gasteiger partial charge in [0.1, 0.15) is 5.69 Å². The zero-order valence-electron chi connectivity index (χ0n) is 12.1. The molecule has 0 spiro atoms. The van der Waals surface area contributed by atoms with Crippen LogP contribution < -0.4 is 0 Å². The van der Waals surface area contributed by atoms with E-state index in [1.807, 2.05) is 29.1 Å². The zero-order chi connectivity index (χ0) is 14.9. The Morgan fingerprint density at radius 2 is 1.95 bits per heavy atom. The Bertz CT molecular complexity index is 924. The Morgan fingerprint density at radius 1 is 1.09 bits per heavy atom. The van der Waals surface area contributed by atoms with Crippen LogP contribution in [0.15, 0.2) is 54.9 Å². The Balaban J connectivity index is 1.73. The predicted molar refractivity (Wildman–Crippen MR) is 88.9 cm³/mol. The number of aromatic nitrogens is 4. The first-order valence-electron chi connectivity index (χ1n) is 7.10. The first-order chi connectivity index (χ1) is 10.8. The van der Waals surface area contributed by atoms with Gasteiger partial charge >= 0.3 is 0 Å². The lowest BCUT2D eigenvalue weighted by molar-refractivity contribution is 0.639. The van der Waals surface area contributed by atoms with Gasteiger partial charge in [0.2, 0.25) is 0 Å². The molecule has 0 bridgehead atoms. The average Bonchev–Trinajstić information content (AvgIpc) is 3.11. The van der Waals surface area contributed by atoms with Crippen LogP contribution in [-0.2, 0) is 6.54 Å². The van der Waals surface area contributed by atoms with E-state index in [-0.39, 0.29) is 0 Å². The van der Waals surface area contributed by atoms with Crippen LogP contribution in [-0.4, -0.2) is 20.0 Å². The molecule has 3 heterocycles. The summed E-state index contributed by atoms with van der Waals surface area (Å²) in [4.78, 5) is 5.60. The van der Waals surface area contributed by atoms with Crippen molar-refractivity contribution in [3.8, 4) is 11.3 Å². The van der Waals surface area contributed by atoms with Gasteiger partial charge in [-0.3, -0.25) is 4.98 Å². The molecule has 1 aromatic carbocycles. The monoisotopic (exact) mass is 306 g/mol. The number of thiophene rings is 1. The Labute approximate surface area is 132 Å². The first-order valence-corrected chi connectivity index (χ1v) is 7.91. The first kappa shape index (κ1) is 13.2. The van der Waals surface area contributed by atoms with Crippen LogP contribution in [0, 0.1) is 6.92 Å². The lowest BCUT2D eigenvalue weighted by Gasteiger charge is -1.98. The second kappa shape index (κ2) is 5.35. The van der Waals surface area contributed by atoms with Crippen molar-refractivity contribution in [2.75, 3.05) is 0 Å². The van der Waals surface area contributed by atoms with Crippen LogP contribution in [0.1, 0.15) is 10.6 Å². The minimum absolute atomic E-state index is 0.634. The van der Waals surface area contributed by atoms with Crippen molar-refractivity contribution in [1.82, 2.24) is 20.0 Å². The maximum Gasteiger partial charge on any atom is 0.114 e. The van der Waals surface area contributed by atoms with Crippen LogP contribution in [0.25, 0.3) is 21.3 Å². The van der Waals surface area contributed by atoms with Gasteiger partial charge < -0.3 is 0 Å². The lowest BCUT2D eigenvalue weighted by atomic mass is 10.1. The molecule has 0 saturated carbocycles. The molecule has 0 N–H and O–H groups in total. The van der Waals surface area contributed by atoms with Gasteiger partial charge in [-0.05, 0) is 25.1 Å². The third kappa shape index (κ3) is 2.29. The van der Waals surface area contributed by atoms with Gasteiger partial charge in [0.15, 0.2) is 0 Å². The van der Waals surface area contributed by atoms with Gasteiger partial charge in [-0.2, -0.15) is 0 Å². The highest BCUT2D eigenvalue weighted by molar-refractivity contribution is 7.19. The van der Waals surface area contributed by atoms with E-state index in [4.69, 9.17) is 0 Å². The van der Waals surface area contributed by atoms with E-state index in [9.17, 15) is 0 Å². The summed E-state index contributed by atoms with van der Waals surface area (Å²) in [5.74, 6) is 0. The minimum Gasteiger partial charge on any atom is -0.259 e. The third-order valence-electron chi connectivity index (χ3n) is 3.62. The highest BCUT2D eigenvalue weighted by Crippen LogP contribution is 2.36. The van der Waals surface area contributed by atoms with Crippen LogP contribution in [0.2, 0.25) is 0 Å². The Kier molecular flexibility index (Phi) is 3.20. The van der Waals surface area contributed by atoms with Crippen LogP contribution in [0.5, 0.6) is 0 Å². The molecule has 5 heteroatoms. The maximum atomic E-state index is 4.36. The van der Waals surface area contributed by atoms with E-state index in [2.05, 4.69) is 46.5 Å². The smallest absolute Gasteiger partial charge is 0.114 e. The molecule has 0 aliphatic carbocycles. The molecular formula is C17H14N4S. The fourth-order valence-corrected chi connectivity index (χ4v) is 3.71. The van der Waals surface area contributed by atoms with Gasteiger partial charge in [0, 0.05) is 26.7 Å². The summed E-state index contributed by atoms with van der Waals surface area (Å²) in [5, 5.41) is 9.85. The number of hydrogen-bond donors (Lipinski definition) is 0. The van der Waals surface area contributed by atoms with Crippen LogP contribution >= 0.6 is 11.3 Å². The van der Waals surface area contributed by atoms with Crippen molar-refractivity contribution >= 4 is 21.4 Å². The second-order valence-electron chi connectivity index (χ2n) is 5.15. The van der Waals surface area contributed by atoms with Gasteiger partial charge in [0.05, 0.1) is 18.4 Å². The van der Waals surface area contributed by atoms with E-state index >= 15 is 0 Å². The van der Waals surface area contributed by atoms with Crippen molar-refractivity contribution in [3.05, 3.63) is 65.4 Å². The molecule has 0 aliphatic rings. The number of aryl methyl sites for hydroxylation is 1.